The quantitative estimate of drug-likeness (QED) is 0.747. The van der Waals surface area contributed by atoms with Crippen molar-refractivity contribution in [3.63, 3.8) is 0 Å². The standard InChI is InChI=1S/C17H15ClN2O2S/c1-9-13-6-11(18)4-5-14(13)22-15(9)16(21)19-7-12-8-23-17(20-12)10-2-3-10/h4-6,8,10H,2-3,7H2,1H3,(H,19,21). The minimum atomic E-state index is -0.226. The molecule has 118 valence electrons. The SMILES string of the molecule is Cc1c(C(=O)NCc2csc(C3CC3)n2)oc2ccc(Cl)cc12. The van der Waals surface area contributed by atoms with Crippen LogP contribution >= 0.6 is 22.9 Å². The van der Waals surface area contributed by atoms with Gasteiger partial charge in [0.25, 0.3) is 5.91 Å². The Balaban J connectivity index is 1.50. The molecule has 0 bridgehead atoms. The summed E-state index contributed by atoms with van der Waals surface area (Å²) in [5, 5.41) is 7.58. The molecule has 1 amide bonds. The van der Waals surface area contributed by atoms with Crippen LogP contribution in [0.4, 0.5) is 0 Å². The van der Waals surface area contributed by atoms with Crippen molar-refractivity contribution in [3.05, 3.63) is 50.6 Å². The summed E-state index contributed by atoms with van der Waals surface area (Å²) in [6.07, 6.45) is 2.47. The van der Waals surface area contributed by atoms with Gasteiger partial charge in [0.05, 0.1) is 17.2 Å². The summed E-state index contributed by atoms with van der Waals surface area (Å²) in [6, 6.07) is 5.35. The first-order chi connectivity index (χ1) is 11.1. The van der Waals surface area contributed by atoms with Crippen molar-refractivity contribution in [2.75, 3.05) is 0 Å². The largest absolute Gasteiger partial charge is 0.451 e. The number of halogens is 1. The van der Waals surface area contributed by atoms with E-state index in [-0.39, 0.29) is 5.91 Å². The van der Waals surface area contributed by atoms with Crippen LogP contribution in [0.3, 0.4) is 0 Å². The molecule has 2 heterocycles. The second-order valence-corrected chi connectivity index (χ2v) is 7.16. The van der Waals surface area contributed by atoms with Gasteiger partial charge in [0.15, 0.2) is 5.76 Å². The first-order valence-electron chi connectivity index (χ1n) is 7.53. The Kier molecular flexibility index (Phi) is 3.62. The minimum Gasteiger partial charge on any atom is -0.451 e. The lowest BCUT2D eigenvalue weighted by atomic mass is 10.1. The van der Waals surface area contributed by atoms with E-state index in [1.165, 1.54) is 17.8 Å². The number of nitrogens with one attached hydrogen (secondary N) is 1. The number of nitrogens with zero attached hydrogens (tertiary/aromatic N) is 1. The van der Waals surface area contributed by atoms with E-state index in [1.54, 1.807) is 23.5 Å². The molecule has 0 saturated heterocycles. The van der Waals surface area contributed by atoms with Gasteiger partial charge in [0, 0.05) is 27.3 Å². The molecule has 23 heavy (non-hydrogen) atoms. The van der Waals surface area contributed by atoms with E-state index in [9.17, 15) is 4.79 Å². The molecule has 1 N–H and O–H groups in total. The second-order valence-electron chi connectivity index (χ2n) is 5.83. The molecule has 1 fully saturated rings. The Labute approximate surface area is 142 Å². The Hall–Kier alpha value is -1.85. The normalized spacial score (nSPS) is 14.3. The third kappa shape index (κ3) is 2.86. The first-order valence-corrected chi connectivity index (χ1v) is 8.78. The highest BCUT2D eigenvalue weighted by Gasteiger charge is 2.26. The molecule has 6 heteroatoms. The smallest absolute Gasteiger partial charge is 0.287 e. The highest BCUT2D eigenvalue weighted by Crippen LogP contribution is 2.41. The van der Waals surface area contributed by atoms with E-state index in [4.69, 9.17) is 16.0 Å². The minimum absolute atomic E-state index is 0.226. The molecular formula is C17H15ClN2O2S. The molecule has 1 saturated carbocycles. The van der Waals surface area contributed by atoms with Crippen LogP contribution in [0.2, 0.25) is 5.02 Å². The van der Waals surface area contributed by atoms with Crippen molar-refractivity contribution in [2.24, 2.45) is 0 Å². The van der Waals surface area contributed by atoms with Crippen molar-refractivity contribution in [2.45, 2.75) is 32.2 Å². The van der Waals surface area contributed by atoms with Crippen LogP contribution in [0, 0.1) is 6.92 Å². The van der Waals surface area contributed by atoms with E-state index in [2.05, 4.69) is 10.3 Å². The predicted octanol–water partition coefficient (Wildman–Crippen LogP) is 4.66. The van der Waals surface area contributed by atoms with Crippen LogP contribution in [-0.2, 0) is 6.54 Å². The van der Waals surface area contributed by atoms with Gasteiger partial charge in [-0.1, -0.05) is 11.6 Å². The number of rotatable bonds is 4. The zero-order valence-corrected chi connectivity index (χ0v) is 14.1. The third-order valence-electron chi connectivity index (χ3n) is 4.03. The van der Waals surface area contributed by atoms with Gasteiger partial charge >= 0.3 is 0 Å². The average Bonchev–Trinajstić information content (AvgIpc) is 3.20. The van der Waals surface area contributed by atoms with Crippen molar-refractivity contribution in [1.82, 2.24) is 10.3 Å². The lowest BCUT2D eigenvalue weighted by Crippen LogP contribution is -2.23. The molecule has 0 unspecified atom stereocenters. The maximum Gasteiger partial charge on any atom is 0.287 e. The monoisotopic (exact) mass is 346 g/mol. The summed E-state index contributed by atoms with van der Waals surface area (Å²) < 4.78 is 5.67. The van der Waals surface area contributed by atoms with Gasteiger partial charge in [-0.3, -0.25) is 4.79 Å². The first kappa shape index (κ1) is 14.7. The summed E-state index contributed by atoms with van der Waals surface area (Å²) in [5.74, 6) is 0.752. The molecule has 3 aromatic rings. The lowest BCUT2D eigenvalue weighted by Gasteiger charge is -2.01. The molecule has 1 aliphatic rings. The number of carbonyl (C=O) groups is 1. The topological polar surface area (TPSA) is 55.1 Å². The summed E-state index contributed by atoms with van der Waals surface area (Å²) in [5.41, 5.74) is 2.38. The molecule has 1 aromatic carbocycles. The molecule has 0 aliphatic heterocycles. The van der Waals surface area contributed by atoms with Crippen LogP contribution in [0.15, 0.2) is 28.0 Å². The zero-order valence-electron chi connectivity index (χ0n) is 12.6. The van der Waals surface area contributed by atoms with Crippen LogP contribution in [0.5, 0.6) is 0 Å². The fourth-order valence-electron chi connectivity index (χ4n) is 2.58. The fraction of sp³-hybridized carbons (Fsp3) is 0.294. The van der Waals surface area contributed by atoms with Gasteiger partial charge in [-0.05, 0) is 38.0 Å². The van der Waals surface area contributed by atoms with Gasteiger partial charge in [0.2, 0.25) is 0 Å². The van der Waals surface area contributed by atoms with Crippen molar-refractivity contribution in [3.8, 4) is 0 Å². The number of hydrogen-bond donors (Lipinski definition) is 1. The summed E-state index contributed by atoms with van der Waals surface area (Å²) in [7, 11) is 0. The molecule has 0 spiro atoms. The number of furan rings is 1. The molecule has 4 rings (SSSR count). The van der Waals surface area contributed by atoms with Crippen LogP contribution in [0.25, 0.3) is 11.0 Å². The molecule has 1 aliphatic carbocycles. The van der Waals surface area contributed by atoms with E-state index in [0.29, 0.717) is 28.8 Å². The van der Waals surface area contributed by atoms with Gasteiger partial charge in [-0.25, -0.2) is 4.98 Å². The van der Waals surface area contributed by atoms with Crippen molar-refractivity contribution < 1.29 is 9.21 Å². The van der Waals surface area contributed by atoms with Crippen molar-refractivity contribution in [1.29, 1.82) is 0 Å². The molecule has 4 nitrogen and oxygen atoms in total. The number of fused-ring (bicyclic) bond motifs is 1. The van der Waals surface area contributed by atoms with E-state index < -0.39 is 0 Å². The molecule has 2 aromatic heterocycles. The number of carbonyl (C=O) groups excluding carboxylic acids is 1. The Morgan fingerprint density at radius 3 is 3.09 bits per heavy atom. The Morgan fingerprint density at radius 1 is 1.48 bits per heavy atom. The molecule has 0 atom stereocenters. The van der Waals surface area contributed by atoms with Gasteiger partial charge in [-0.15, -0.1) is 11.3 Å². The second kappa shape index (κ2) is 5.65. The maximum absolute atomic E-state index is 12.4. The summed E-state index contributed by atoms with van der Waals surface area (Å²) in [4.78, 5) is 17.0. The fourth-order valence-corrected chi connectivity index (χ4v) is 3.75. The number of aromatic nitrogens is 1. The molecular weight excluding hydrogens is 332 g/mol. The zero-order chi connectivity index (χ0) is 16.0. The lowest BCUT2D eigenvalue weighted by molar-refractivity contribution is 0.0924. The average molecular weight is 347 g/mol. The van der Waals surface area contributed by atoms with Gasteiger partial charge < -0.3 is 9.73 Å². The van der Waals surface area contributed by atoms with Crippen molar-refractivity contribution >= 4 is 39.8 Å². The van der Waals surface area contributed by atoms with Crippen LogP contribution in [-0.4, -0.2) is 10.9 Å². The summed E-state index contributed by atoms with van der Waals surface area (Å²) >= 11 is 7.68. The van der Waals surface area contributed by atoms with Gasteiger partial charge in [-0.2, -0.15) is 0 Å². The predicted molar refractivity (Wildman–Crippen MR) is 91.2 cm³/mol. The van der Waals surface area contributed by atoms with E-state index >= 15 is 0 Å². The maximum atomic E-state index is 12.4. The van der Waals surface area contributed by atoms with Crippen LogP contribution < -0.4 is 5.32 Å². The summed E-state index contributed by atoms with van der Waals surface area (Å²) in [6.45, 7) is 2.28. The number of aryl methyl sites for hydroxylation is 1. The van der Waals surface area contributed by atoms with E-state index in [1.807, 2.05) is 18.4 Å². The van der Waals surface area contributed by atoms with Crippen LogP contribution in [0.1, 0.15) is 45.6 Å². The third-order valence-corrected chi connectivity index (χ3v) is 5.32. The number of amides is 1. The number of benzene rings is 1. The highest BCUT2D eigenvalue weighted by atomic mass is 35.5. The number of thiazole rings is 1. The van der Waals surface area contributed by atoms with Gasteiger partial charge in [0.1, 0.15) is 5.58 Å². The Bertz CT molecular complexity index is 895. The Morgan fingerprint density at radius 2 is 2.30 bits per heavy atom. The molecule has 0 radical (unpaired) electrons. The number of hydrogen-bond acceptors (Lipinski definition) is 4. The highest BCUT2D eigenvalue weighted by molar-refractivity contribution is 7.09. The van der Waals surface area contributed by atoms with E-state index in [0.717, 1.165) is 16.6 Å².